The van der Waals surface area contributed by atoms with Crippen molar-refractivity contribution in [1.82, 2.24) is 15.8 Å². The first-order valence-corrected chi connectivity index (χ1v) is 9.80. The van der Waals surface area contributed by atoms with Crippen molar-refractivity contribution in [1.29, 1.82) is 0 Å². The van der Waals surface area contributed by atoms with Gasteiger partial charge in [0.1, 0.15) is 5.75 Å². The first-order chi connectivity index (χ1) is 13.2. The molecule has 1 aliphatic carbocycles. The Morgan fingerprint density at radius 3 is 2.70 bits per heavy atom. The van der Waals surface area contributed by atoms with Crippen LogP contribution >= 0.6 is 0 Å². The van der Waals surface area contributed by atoms with Gasteiger partial charge in [-0.15, -0.1) is 0 Å². The summed E-state index contributed by atoms with van der Waals surface area (Å²) < 4.78 is 11.6. The van der Waals surface area contributed by atoms with E-state index in [9.17, 15) is 0 Å². The summed E-state index contributed by atoms with van der Waals surface area (Å²) in [5.74, 6) is 1.91. The second kappa shape index (κ2) is 6.39. The number of hydrogen-bond acceptors (Lipinski definition) is 6. The van der Waals surface area contributed by atoms with Crippen LogP contribution in [-0.2, 0) is 12.8 Å². The van der Waals surface area contributed by atoms with Crippen LogP contribution in [0.25, 0.3) is 0 Å². The molecule has 2 aromatic rings. The lowest BCUT2D eigenvalue weighted by atomic mass is 9.74. The van der Waals surface area contributed by atoms with Crippen LogP contribution in [0.4, 0.5) is 5.69 Å². The van der Waals surface area contributed by atoms with Crippen LogP contribution in [0.3, 0.4) is 0 Å². The maximum Gasteiger partial charge on any atom is 0.221 e. The zero-order valence-corrected chi connectivity index (χ0v) is 15.8. The lowest BCUT2D eigenvalue weighted by Gasteiger charge is -2.38. The molecule has 1 aromatic heterocycles. The number of fused-ring (bicyclic) bond motifs is 3. The van der Waals surface area contributed by atoms with E-state index in [2.05, 4.69) is 29.9 Å². The van der Waals surface area contributed by atoms with E-state index < -0.39 is 0 Å². The fraction of sp³-hybridized carbons (Fsp3) is 0.476. The fourth-order valence-electron chi connectivity index (χ4n) is 4.91. The van der Waals surface area contributed by atoms with Gasteiger partial charge in [-0.2, -0.15) is 0 Å². The molecule has 0 amide bonds. The van der Waals surface area contributed by atoms with Crippen molar-refractivity contribution in [3.63, 3.8) is 0 Å². The zero-order valence-electron chi connectivity index (χ0n) is 15.8. The lowest BCUT2D eigenvalue weighted by molar-refractivity contribution is 0.0967. The predicted octanol–water partition coefficient (Wildman–Crippen LogP) is 2.51. The molecule has 4 unspecified atom stereocenters. The smallest absolute Gasteiger partial charge is 0.221 e. The van der Waals surface area contributed by atoms with E-state index in [0.717, 1.165) is 35.5 Å². The number of rotatable bonds is 2. The van der Waals surface area contributed by atoms with Crippen molar-refractivity contribution in [2.24, 2.45) is 5.92 Å². The summed E-state index contributed by atoms with van der Waals surface area (Å²) >= 11 is 0. The molecule has 1 fully saturated rings. The van der Waals surface area contributed by atoms with Crippen molar-refractivity contribution in [2.45, 2.75) is 50.8 Å². The third-order valence-corrected chi connectivity index (χ3v) is 6.31. The molecule has 1 aromatic carbocycles. The molecule has 0 radical (unpaired) electrons. The average molecular weight is 366 g/mol. The maximum atomic E-state index is 6.75. The molecule has 3 heterocycles. The second-order valence-electron chi connectivity index (χ2n) is 7.82. The third kappa shape index (κ3) is 2.58. The molecule has 5 rings (SSSR count). The first-order valence-electron chi connectivity index (χ1n) is 9.80. The number of nitrogens with one attached hydrogen (secondary N) is 2. The number of aromatic nitrogens is 1. The van der Waals surface area contributed by atoms with E-state index >= 15 is 0 Å². The Hall–Kier alpha value is -2.31. The third-order valence-electron chi connectivity index (χ3n) is 6.31. The molecule has 3 aliphatic rings. The SMILES string of the molecule is COc1ccc(C2c3c(nc4c(c3N)CCCC4)OC3NNC(C)C32)cc1. The fourth-order valence-corrected chi connectivity index (χ4v) is 4.91. The van der Waals surface area contributed by atoms with E-state index in [1.54, 1.807) is 7.11 Å². The molecular weight excluding hydrogens is 340 g/mol. The normalized spacial score (nSPS) is 28.7. The number of benzene rings is 1. The van der Waals surface area contributed by atoms with Crippen LogP contribution in [0.1, 0.15) is 48.1 Å². The van der Waals surface area contributed by atoms with Gasteiger partial charge in [0.05, 0.1) is 7.11 Å². The van der Waals surface area contributed by atoms with Crippen LogP contribution in [0, 0.1) is 5.92 Å². The Morgan fingerprint density at radius 2 is 1.93 bits per heavy atom. The van der Waals surface area contributed by atoms with Crippen LogP contribution in [0.2, 0.25) is 0 Å². The number of nitrogen functional groups attached to an aromatic ring is 1. The van der Waals surface area contributed by atoms with E-state index in [-0.39, 0.29) is 24.1 Å². The molecule has 6 heteroatoms. The lowest BCUT2D eigenvalue weighted by Crippen LogP contribution is -2.42. The zero-order chi connectivity index (χ0) is 18.5. The predicted molar refractivity (Wildman–Crippen MR) is 104 cm³/mol. The van der Waals surface area contributed by atoms with E-state index in [0.29, 0.717) is 5.88 Å². The molecule has 4 N–H and O–H groups in total. The van der Waals surface area contributed by atoms with Crippen LogP contribution in [-0.4, -0.2) is 24.4 Å². The van der Waals surface area contributed by atoms with E-state index in [1.807, 2.05) is 12.1 Å². The second-order valence-corrected chi connectivity index (χ2v) is 7.82. The van der Waals surface area contributed by atoms with Crippen molar-refractivity contribution >= 4 is 5.69 Å². The Bertz CT molecular complexity index is 867. The van der Waals surface area contributed by atoms with Gasteiger partial charge in [-0.05, 0) is 55.9 Å². The van der Waals surface area contributed by atoms with Gasteiger partial charge in [-0.1, -0.05) is 12.1 Å². The molecule has 6 nitrogen and oxygen atoms in total. The average Bonchev–Trinajstić information content (AvgIpc) is 3.07. The van der Waals surface area contributed by atoms with Crippen LogP contribution in [0.5, 0.6) is 11.6 Å². The number of hydrogen-bond donors (Lipinski definition) is 3. The summed E-state index contributed by atoms with van der Waals surface area (Å²) in [4.78, 5) is 4.91. The van der Waals surface area contributed by atoms with Gasteiger partial charge in [-0.3, -0.25) is 5.43 Å². The van der Waals surface area contributed by atoms with Crippen molar-refractivity contribution in [3.05, 3.63) is 46.6 Å². The van der Waals surface area contributed by atoms with Crippen molar-refractivity contribution in [2.75, 3.05) is 12.8 Å². The number of nitrogens with two attached hydrogens (primary N) is 1. The van der Waals surface area contributed by atoms with Gasteiger partial charge < -0.3 is 15.2 Å². The summed E-state index contributed by atoms with van der Waals surface area (Å²) in [5, 5.41) is 0. The van der Waals surface area contributed by atoms with Gasteiger partial charge in [-0.25, -0.2) is 10.4 Å². The van der Waals surface area contributed by atoms with Crippen LogP contribution in [0.15, 0.2) is 24.3 Å². The molecular formula is C21H26N4O2. The largest absolute Gasteiger partial charge is 0.497 e. The molecule has 2 aliphatic heterocycles. The maximum absolute atomic E-state index is 6.75. The van der Waals surface area contributed by atoms with Gasteiger partial charge in [0.25, 0.3) is 0 Å². The molecule has 0 spiro atoms. The molecule has 27 heavy (non-hydrogen) atoms. The van der Waals surface area contributed by atoms with E-state index in [1.165, 1.54) is 24.0 Å². The Morgan fingerprint density at radius 1 is 1.15 bits per heavy atom. The highest BCUT2D eigenvalue weighted by atomic mass is 16.5. The minimum atomic E-state index is -0.117. The molecule has 142 valence electrons. The summed E-state index contributed by atoms with van der Waals surface area (Å²) in [6.07, 6.45) is 4.23. The van der Waals surface area contributed by atoms with Gasteiger partial charge in [0.2, 0.25) is 5.88 Å². The summed E-state index contributed by atoms with van der Waals surface area (Å²) in [6.45, 7) is 2.19. The Balaban J connectivity index is 1.69. The molecule has 1 saturated heterocycles. The number of aryl methyl sites for hydroxylation is 1. The molecule has 0 bridgehead atoms. The number of methoxy groups -OCH3 is 1. The summed E-state index contributed by atoms with van der Waals surface area (Å²) in [5.41, 5.74) is 18.9. The minimum Gasteiger partial charge on any atom is -0.497 e. The number of nitrogens with zero attached hydrogens (tertiary/aromatic N) is 1. The number of pyridine rings is 1. The summed E-state index contributed by atoms with van der Waals surface area (Å²) in [6, 6.07) is 8.56. The van der Waals surface area contributed by atoms with Gasteiger partial charge in [0.15, 0.2) is 6.23 Å². The Kier molecular flexibility index (Phi) is 3.98. The van der Waals surface area contributed by atoms with Crippen LogP contribution < -0.4 is 26.1 Å². The van der Waals surface area contributed by atoms with Crippen molar-refractivity contribution < 1.29 is 9.47 Å². The van der Waals surface area contributed by atoms with Crippen molar-refractivity contribution in [3.8, 4) is 11.6 Å². The summed E-state index contributed by atoms with van der Waals surface area (Å²) in [7, 11) is 1.69. The topological polar surface area (TPSA) is 81.4 Å². The highest BCUT2D eigenvalue weighted by Gasteiger charge is 2.48. The monoisotopic (exact) mass is 366 g/mol. The number of ether oxygens (including phenoxy) is 2. The van der Waals surface area contributed by atoms with Gasteiger partial charge >= 0.3 is 0 Å². The number of anilines is 1. The highest BCUT2D eigenvalue weighted by Crippen LogP contribution is 2.49. The van der Waals surface area contributed by atoms with E-state index in [4.69, 9.17) is 20.2 Å². The van der Waals surface area contributed by atoms with Gasteiger partial charge in [0, 0.05) is 34.8 Å². The Labute approximate surface area is 159 Å². The minimum absolute atomic E-state index is 0.117. The quantitative estimate of drug-likeness (QED) is 0.758. The number of hydrazine groups is 1. The first kappa shape index (κ1) is 16.8. The highest BCUT2D eigenvalue weighted by molar-refractivity contribution is 5.64. The molecule has 4 atom stereocenters. The standard InChI is InChI=1S/C21H26N4O2/c1-11-16-17(12-7-9-13(26-2)10-8-12)18-19(22)14-5-3-4-6-15(14)23-20(18)27-21(16)25-24-11/h7-11,16-17,21,24-25H,3-6H2,1-2H3,(H2,22,23). The molecule has 0 saturated carbocycles.